The number of imidazole rings is 1. The van der Waals surface area contributed by atoms with Crippen LogP contribution in [0.5, 0.6) is 5.88 Å². The summed E-state index contributed by atoms with van der Waals surface area (Å²) in [7, 11) is 3.41. The number of piperidine rings is 1. The molecule has 0 aromatic carbocycles. The number of pyridine rings is 3. The molecule has 0 atom stereocenters. The van der Waals surface area contributed by atoms with Crippen LogP contribution in [-0.4, -0.2) is 55.2 Å². The maximum atomic E-state index is 13.3. The third-order valence-electron chi connectivity index (χ3n) is 6.60. The number of hydrogen-bond acceptors (Lipinski definition) is 6. The van der Waals surface area contributed by atoms with Gasteiger partial charge in [0, 0.05) is 50.0 Å². The highest BCUT2D eigenvalue weighted by Gasteiger charge is 2.27. The number of likely N-dealkylation sites (tertiary alicyclic amines) is 1. The lowest BCUT2D eigenvalue weighted by atomic mass is 10.0. The van der Waals surface area contributed by atoms with Gasteiger partial charge in [-0.1, -0.05) is 0 Å². The molecule has 0 unspecified atom stereocenters. The molecule has 1 fully saturated rings. The Hall–Kier alpha value is -3.26. The van der Waals surface area contributed by atoms with Gasteiger partial charge in [0.1, 0.15) is 5.52 Å². The second-order valence-corrected chi connectivity index (χ2v) is 8.72. The molecule has 0 bridgehead atoms. The zero-order valence-electron chi connectivity index (χ0n) is 18.9. The van der Waals surface area contributed by atoms with Crippen LogP contribution in [0.2, 0.25) is 0 Å². The Morgan fingerprint density at radius 1 is 1.06 bits per heavy atom. The van der Waals surface area contributed by atoms with E-state index in [2.05, 4.69) is 28.7 Å². The molecule has 0 N–H and O–H groups in total. The molecule has 0 spiro atoms. The summed E-state index contributed by atoms with van der Waals surface area (Å²) in [4.78, 5) is 29.6. The number of fused-ring (bicyclic) bond motifs is 3. The van der Waals surface area contributed by atoms with Crippen molar-refractivity contribution in [2.45, 2.75) is 38.8 Å². The quantitative estimate of drug-likeness (QED) is 0.492. The summed E-state index contributed by atoms with van der Waals surface area (Å²) in [6.07, 6.45) is 5.43. The summed E-state index contributed by atoms with van der Waals surface area (Å²) < 4.78 is 8.82. The summed E-state index contributed by atoms with van der Waals surface area (Å²) in [5.41, 5.74) is 4.89. The Bertz CT molecular complexity index is 1330. The number of aromatic nitrogens is 5. The molecule has 8 heteroatoms. The van der Waals surface area contributed by atoms with Gasteiger partial charge in [0.25, 0.3) is 0 Å². The van der Waals surface area contributed by atoms with Crippen molar-refractivity contribution in [2.24, 2.45) is 7.05 Å². The predicted molar refractivity (Wildman–Crippen MR) is 125 cm³/mol. The van der Waals surface area contributed by atoms with Crippen molar-refractivity contribution in [3.63, 3.8) is 0 Å². The van der Waals surface area contributed by atoms with Gasteiger partial charge in [0.15, 0.2) is 0 Å². The molecule has 0 radical (unpaired) electrons. The van der Waals surface area contributed by atoms with Crippen molar-refractivity contribution in [1.29, 1.82) is 0 Å². The van der Waals surface area contributed by atoms with Gasteiger partial charge in [-0.3, -0.25) is 14.1 Å². The second-order valence-electron chi connectivity index (χ2n) is 8.72. The van der Waals surface area contributed by atoms with Crippen LogP contribution in [0.25, 0.3) is 33.3 Å². The lowest BCUT2D eigenvalue weighted by Crippen LogP contribution is -2.40. The minimum Gasteiger partial charge on any atom is -0.481 e. The standard InChI is InChI=1S/C24H28N6O2/c1-15(2)29-11-9-17(10-12-29)30-23-20(28(3)24(30)31)14-25-19-7-6-18(27-22(19)23)16-5-8-21(32-4)26-13-16/h5-8,13-15,17H,9-12H2,1-4H3. The molecule has 1 saturated heterocycles. The van der Waals surface area contributed by atoms with E-state index in [-0.39, 0.29) is 11.7 Å². The molecule has 4 aromatic rings. The van der Waals surface area contributed by atoms with Gasteiger partial charge in [-0.05, 0) is 44.9 Å². The Morgan fingerprint density at radius 2 is 1.84 bits per heavy atom. The monoisotopic (exact) mass is 432 g/mol. The van der Waals surface area contributed by atoms with Crippen molar-refractivity contribution in [3.05, 3.63) is 47.1 Å². The van der Waals surface area contributed by atoms with E-state index in [1.807, 2.05) is 35.9 Å². The zero-order chi connectivity index (χ0) is 22.4. The normalized spacial score (nSPS) is 15.8. The summed E-state index contributed by atoms with van der Waals surface area (Å²) in [6, 6.07) is 8.34. The van der Waals surface area contributed by atoms with Crippen LogP contribution in [0.1, 0.15) is 32.7 Å². The van der Waals surface area contributed by atoms with Crippen molar-refractivity contribution < 1.29 is 4.74 Å². The van der Waals surface area contributed by atoms with E-state index in [1.54, 1.807) is 24.1 Å². The Balaban J connectivity index is 1.66. The van der Waals surface area contributed by atoms with Crippen LogP contribution < -0.4 is 10.4 Å². The number of nitrogens with zero attached hydrogens (tertiary/aromatic N) is 6. The van der Waals surface area contributed by atoms with Gasteiger partial charge in [-0.25, -0.2) is 14.8 Å². The second kappa shape index (κ2) is 8.02. The predicted octanol–water partition coefficient (Wildman–Crippen LogP) is 3.40. The minimum absolute atomic E-state index is 0.00406. The van der Waals surface area contributed by atoms with Crippen molar-refractivity contribution >= 4 is 22.1 Å². The van der Waals surface area contributed by atoms with Crippen molar-refractivity contribution in [1.82, 2.24) is 29.0 Å². The van der Waals surface area contributed by atoms with Crippen LogP contribution in [0.3, 0.4) is 0 Å². The zero-order valence-corrected chi connectivity index (χ0v) is 18.9. The summed E-state index contributed by atoms with van der Waals surface area (Å²) in [5, 5.41) is 0. The van der Waals surface area contributed by atoms with Gasteiger partial charge in [0.05, 0.1) is 35.6 Å². The van der Waals surface area contributed by atoms with Gasteiger partial charge in [-0.2, -0.15) is 0 Å². The van der Waals surface area contributed by atoms with Gasteiger partial charge < -0.3 is 9.64 Å². The fraction of sp³-hybridized carbons (Fsp3) is 0.417. The first-order valence-corrected chi connectivity index (χ1v) is 11.1. The van der Waals surface area contributed by atoms with E-state index in [9.17, 15) is 4.79 Å². The smallest absolute Gasteiger partial charge is 0.329 e. The molecule has 4 aromatic heterocycles. The molecule has 1 aliphatic heterocycles. The maximum Gasteiger partial charge on any atom is 0.329 e. The van der Waals surface area contributed by atoms with Gasteiger partial charge >= 0.3 is 5.69 Å². The number of methoxy groups -OCH3 is 1. The topological polar surface area (TPSA) is 78.1 Å². The van der Waals surface area contributed by atoms with Crippen LogP contribution in [-0.2, 0) is 7.05 Å². The van der Waals surface area contributed by atoms with Crippen LogP contribution in [0.15, 0.2) is 41.5 Å². The highest BCUT2D eigenvalue weighted by molar-refractivity contribution is 6.00. The van der Waals surface area contributed by atoms with E-state index < -0.39 is 0 Å². The number of rotatable bonds is 4. The average Bonchev–Trinajstić information content (AvgIpc) is 3.09. The summed E-state index contributed by atoms with van der Waals surface area (Å²) in [5.74, 6) is 0.559. The molecular formula is C24H28N6O2. The fourth-order valence-electron chi connectivity index (χ4n) is 4.70. The lowest BCUT2D eigenvalue weighted by Gasteiger charge is -2.35. The van der Waals surface area contributed by atoms with Crippen LogP contribution >= 0.6 is 0 Å². The van der Waals surface area contributed by atoms with Gasteiger partial charge in [0.2, 0.25) is 5.88 Å². The largest absolute Gasteiger partial charge is 0.481 e. The molecule has 0 aliphatic carbocycles. The molecule has 5 rings (SSSR count). The highest BCUT2D eigenvalue weighted by atomic mass is 16.5. The number of hydrogen-bond donors (Lipinski definition) is 0. The van der Waals surface area contributed by atoms with Crippen molar-refractivity contribution in [3.8, 4) is 17.1 Å². The van der Waals surface area contributed by atoms with Crippen molar-refractivity contribution in [2.75, 3.05) is 20.2 Å². The molecular weight excluding hydrogens is 404 g/mol. The molecule has 0 saturated carbocycles. The Kier molecular flexibility index (Phi) is 5.17. The molecule has 166 valence electrons. The molecule has 8 nitrogen and oxygen atoms in total. The van der Waals surface area contributed by atoms with E-state index in [1.165, 1.54) is 0 Å². The summed E-state index contributed by atoms with van der Waals surface area (Å²) >= 11 is 0. The highest BCUT2D eigenvalue weighted by Crippen LogP contribution is 2.30. The maximum absolute atomic E-state index is 13.3. The first-order chi connectivity index (χ1) is 15.5. The van der Waals surface area contributed by atoms with Gasteiger partial charge in [-0.15, -0.1) is 0 Å². The third-order valence-corrected chi connectivity index (χ3v) is 6.60. The average molecular weight is 433 g/mol. The molecule has 1 aliphatic rings. The lowest BCUT2D eigenvalue weighted by molar-refractivity contribution is 0.152. The number of ether oxygens (including phenoxy) is 1. The van der Waals surface area contributed by atoms with Crippen LogP contribution in [0.4, 0.5) is 0 Å². The van der Waals surface area contributed by atoms with E-state index in [0.29, 0.717) is 11.9 Å². The Labute approximate surface area is 186 Å². The molecule has 0 amide bonds. The molecule has 5 heterocycles. The molecule has 32 heavy (non-hydrogen) atoms. The summed E-state index contributed by atoms with van der Waals surface area (Å²) in [6.45, 7) is 6.43. The fourth-order valence-corrected chi connectivity index (χ4v) is 4.70. The van der Waals surface area contributed by atoms with Crippen LogP contribution in [0, 0.1) is 0 Å². The Morgan fingerprint density at radius 3 is 2.50 bits per heavy atom. The number of aryl methyl sites for hydroxylation is 1. The SMILES string of the molecule is COc1ccc(-c2ccc3ncc4c(c3n2)n(C2CCN(C(C)C)CC2)c(=O)n4C)cn1. The van der Waals surface area contributed by atoms with E-state index >= 15 is 0 Å². The first-order valence-electron chi connectivity index (χ1n) is 11.1. The minimum atomic E-state index is -0.00406. The first kappa shape index (κ1) is 20.6. The van der Waals surface area contributed by atoms with E-state index in [4.69, 9.17) is 9.72 Å². The van der Waals surface area contributed by atoms with E-state index in [0.717, 1.165) is 59.3 Å². The third kappa shape index (κ3) is 3.35.